The van der Waals surface area contributed by atoms with E-state index in [1.807, 2.05) is 0 Å². The lowest BCUT2D eigenvalue weighted by Crippen LogP contribution is -2.40. The molecular weight excluding hydrogens is 399 g/mol. The highest BCUT2D eigenvalue weighted by Crippen LogP contribution is 2.65. The van der Waals surface area contributed by atoms with E-state index in [2.05, 4.69) is 0 Å². The topological polar surface area (TPSA) is 66.8 Å². The van der Waals surface area contributed by atoms with Crippen molar-refractivity contribution in [2.75, 3.05) is 13.2 Å². The number of carboxylic acids is 1. The summed E-state index contributed by atoms with van der Waals surface area (Å²) in [7, 11) is 0. The third-order valence-electron chi connectivity index (χ3n) is 6.07. The summed E-state index contributed by atoms with van der Waals surface area (Å²) >= 11 is 6.12. The molecule has 1 saturated heterocycles. The Morgan fingerprint density at radius 2 is 1.96 bits per heavy atom. The predicted octanol–water partition coefficient (Wildman–Crippen LogP) is 3.84. The van der Waals surface area contributed by atoms with Gasteiger partial charge in [0, 0.05) is 24.4 Å². The van der Waals surface area contributed by atoms with Gasteiger partial charge in [-0.1, -0.05) is 11.6 Å². The molecule has 3 fully saturated rings. The number of carboxylic acid groups (broad SMARTS) is 1. The number of ether oxygens (including phenoxy) is 1. The van der Waals surface area contributed by atoms with Crippen LogP contribution in [-0.4, -0.2) is 47.0 Å². The Bertz CT molecular complexity index is 820. The van der Waals surface area contributed by atoms with Gasteiger partial charge in [-0.25, -0.2) is 18.0 Å². The Morgan fingerprint density at radius 1 is 1.29 bits per heavy atom. The zero-order valence-electron chi connectivity index (χ0n) is 14.8. The van der Waals surface area contributed by atoms with Crippen molar-refractivity contribution < 1.29 is 32.6 Å². The van der Waals surface area contributed by atoms with Gasteiger partial charge in [0.25, 0.3) is 11.8 Å². The number of carbonyl (C=O) groups excluding carboxylic acids is 1. The van der Waals surface area contributed by atoms with Crippen LogP contribution in [0.4, 0.5) is 13.2 Å². The SMILES string of the molecule is O=C(O)[C@@H]1CCCN1C(=O)c1cc(Cl)c(OCC2C[C@@H]3[C@H](C2)C3(F)F)cc1F. The number of fused-ring (bicyclic) bond motifs is 1. The van der Waals surface area contributed by atoms with Gasteiger partial charge in [0.05, 0.1) is 17.2 Å². The Morgan fingerprint density at radius 3 is 2.61 bits per heavy atom. The Kier molecular flexibility index (Phi) is 4.72. The molecule has 1 aliphatic heterocycles. The summed E-state index contributed by atoms with van der Waals surface area (Å²) in [4.78, 5) is 24.9. The van der Waals surface area contributed by atoms with E-state index in [9.17, 15) is 27.9 Å². The van der Waals surface area contributed by atoms with E-state index in [-0.39, 0.29) is 35.4 Å². The van der Waals surface area contributed by atoms with Crippen molar-refractivity contribution in [1.82, 2.24) is 4.90 Å². The van der Waals surface area contributed by atoms with Crippen LogP contribution in [0.1, 0.15) is 36.0 Å². The van der Waals surface area contributed by atoms with Gasteiger partial charge in [0.1, 0.15) is 17.6 Å². The van der Waals surface area contributed by atoms with Crippen LogP contribution >= 0.6 is 11.6 Å². The molecule has 2 aliphatic carbocycles. The molecular formula is C19H19ClF3NO4. The lowest BCUT2D eigenvalue weighted by atomic mass is 10.0. The van der Waals surface area contributed by atoms with Crippen LogP contribution in [-0.2, 0) is 4.79 Å². The number of carbonyl (C=O) groups is 2. The molecule has 0 bridgehead atoms. The van der Waals surface area contributed by atoms with Crippen LogP contribution in [0.25, 0.3) is 0 Å². The summed E-state index contributed by atoms with van der Waals surface area (Å²) in [6.07, 6.45) is 1.60. The van der Waals surface area contributed by atoms with Crippen molar-refractivity contribution in [2.45, 2.75) is 37.6 Å². The molecule has 1 aromatic rings. The van der Waals surface area contributed by atoms with Gasteiger partial charge in [-0.2, -0.15) is 0 Å². The number of rotatable bonds is 5. The normalized spacial score (nSPS) is 30.2. The lowest BCUT2D eigenvalue weighted by molar-refractivity contribution is -0.141. The largest absolute Gasteiger partial charge is 0.492 e. The van der Waals surface area contributed by atoms with Gasteiger partial charge in [0.15, 0.2) is 0 Å². The first-order valence-corrected chi connectivity index (χ1v) is 9.61. The fourth-order valence-corrected chi connectivity index (χ4v) is 4.70. The summed E-state index contributed by atoms with van der Waals surface area (Å²) in [6, 6.07) is 1.14. The third-order valence-corrected chi connectivity index (χ3v) is 6.36. The summed E-state index contributed by atoms with van der Waals surface area (Å²) < 4.78 is 46.5. The van der Waals surface area contributed by atoms with Crippen LogP contribution in [0, 0.1) is 23.6 Å². The minimum absolute atomic E-state index is 0.0179. The second-order valence-corrected chi connectivity index (χ2v) is 8.20. The monoisotopic (exact) mass is 417 g/mol. The fourth-order valence-electron chi connectivity index (χ4n) is 4.49. The first kappa shape index (κ1) is 19.4. The van der Waals surface area contributed by atoms with Gasteiger partial charge in [-0.3, -0.25) is 4.79 Å². The van der Waals surface area contributed by atoms with Crippen molar-refractivity contribution in [3.8, 4) is 5.75 Å². The maximum Gasteiger partial charge on any atom is 0.326 e. The third kappa shape index (κ3) is 3.21. The average molecular weight is 418 g/mol. The number of amides is 1. The number of nitrogens with zero attached hydrogens (tertiary/aromatic N) is 1. The molecule has 28 heavy (non-hydrogen) atoms. The first-order chi connectivity index (χ1) is 13.2. The zero-order chi connectivity index (χ0) is 20.2. The van der Waals surface area contributed by atoms with Crippen LogP contribution in [0.2, 0.25) is 5.02 Å². The standard InChI is InChI=1S/C19H19ClF3NO4/c20-13-6-10(17(25)24-3-1-2-15(24)18(26)27)14(21)7-16(13)28-8-9-4-11-12(5-9)19(11,22)23/h6-7,9,11-12,15H,1-5,8H2,(H,26,27)/t9?,11-,12+,15-/m0/s1. The smallest absolute Gasteiger partial charge is 0.326 e. The molecule has 152 valence electrons. The van der Waals surface area contributed by atoms with Gasteiger partial charge in [-0.05, 0) is 37.7 Å². The van der Waals surface area contributed by atoms with E-state index in [0.717, 1.165) is 17.0 Å². The van der Waals surface area contributed by atoms with Gasteiger partial charge >= 0.3 is 5.97 Å². The van der Waals surface area contributed by atoms with Crippen LogP contribution in [0.3, 0.4) is 0 Å². The highest BCUT2D eigenvalue weighted by Gasteiger charge is 2.71. The number of hydrogen-bond acceptors (Lipinski definition) is 3. The molecule has 1 aromatic carbocycles. The Labute approximate surface area is 164 Å². The maximum atomic E-state index is 14.5. The van der Waals surface area contributed by atoms with Crippen LogP contribution < -0.4 is 4.74 Å². The number of alkyl halides is 2. The quantitative estimate of drug-likeness (QED) is 0.790. The van der Waals surface area contributed by atoms with E-state index in [1.165, 1.54) is 0 Å². The highest BCUT2D eigenvalue weighted by atomic mass is 35.5. The fraction of sp³-hybridized carbons (Fsp3) is 0.579. The molecule has 1 amide bonds. The minimum atomic E-state index is -2.55. The van der Waals surface area contributed by atoms with Crippen molar-refractivity contribution in [1.29, 1.82) is 0 Å². The summed E-state index contributed by atoms with van der Waals surface area (Å²) in [5.41, 5.74) is -0.313. The molecule has 9 heteroatoms. The van der Waals surface area contributed by atoms with Crippen LogP contribution in [0.5, 0.6) is 5.75 Å². The number of halogens is 4. The molecule has 0 aromatic heterocycles. The second kappa shape index (κ2) is 6.83. The molecule has 4 rings (SSSR count). The predicted molar refractivity (Wildman–Crippen MR) is 93.3 cm³/mol. The van der Waals surface area contributed by atoms with Crippen molar-refractivity contribution in [2.24, 2.45) is 17.8 Å². The summed E-state index contributed by atoms with van der Waals surface area (Å²) in [5.74, 6) is -6.40. The molecule has 0 radical (unpaired) electrons. The van der Waals surface area contributed by atoms with E-state index in [1.54, 1.807) is 0 Å². The molecule has 5 nitrogen and oxygen atoms in total. The molecule has 1 heterocycles. The molecule has 4 atom stereocenters. The van der Waals surface area contributed by atoms with Crippen LogP contribution in [0.15, 0.2) is 12.1 Å². The summed E-state index contributed by atoms with van der Waals surface area (Å²) in [6.45, 7) is 0.391. The minimum Gasteiger partial charge on any atom is -0.492 e. The van der Waals surface area contributed by atoms with E-state index in [0.29, 0.717) is 25.7 Å². The lowest BCUT2D eigenvalue weighted by Gasteiger charge is -2.22. The molecule has 3 aliphatic rings. The molecule has 1 unspecified atom stereocenters. The van der Waals surface area contributed by atoms with Gasteiger partial charge in [-0.15, -0.1) is 0 Å². The maximum absolute atomic E-state index is 14.5. The molecule has 2 saturated carbocycles. The van der Waals surface area contributed by atoms with Gasteiger partial charge < -0.3 is 14.7 Å². The van der Waals surface area contributed by atoms with Gasteiger partial charge in [0.2, 0.25) is 0 Å². The zero-order valence-corrected chi connectivity index (χ0v) is 15.6. The number of hydrogen-bond donors (Lipinski definition) is 1. The average Bonchev–Trinajstić information content (AvgIpc) is 3.11. The van der Waals surface area contributed by atoms with Crippen molar-refractivity contribution >= 4 is 23.5 Å². The first-order valence-electron chi connectivity index (χ1n) is 9.23. The Hall–Kier alpha value is -1.96. The van der Waals surface area contributed by atoms with E-state index >= 15 is 0 Å². The summed E-state index contributed by atoms with van der Waals surface area (Å²) in [5, 5.41) is 9.21. The number of aliphatic carboxylic acids is 1. The number of benzene rings is 1. The second-order valence-electron chi connectivity index (χ2n) is 7.79. The van der Waals surface area contributed by atoms with E-state index < -0.39 is 41.5 Å². The molecule has 1 N–H and O–H groups in total. The highest BCUT2D eigenvalue weighted by molar-refractivity contribution is 6.32. The van der Waals surface area contributed by atoms with E-state index in [4.69, 9.17) is 16.3 Å². The Balaban J connectivity index is 1.42. The molecule has 0 spiro atoms. The number of likely N-dealkylation sites (tertiary alicyclic amines) is 1. The van der Waals surface area contributed by atoms with Crippen molar-refractivity contribution in [3.63, 3.8) is 0 Å². The van der Waals surface area contributed by atoms with Crippen molar-refractivity contribution in [3.05, 3.63) is 28.5 Å².